The third-order valence-electron chi connectivity index (χ3n) is 3.14. The van der Waals surface area contributed by atoms with E-state index in [1.54, 1.807) is 5.57 Å². The second kappa shape index (κ2) is 3.84. The maximum Gasteiger partial charge on any atom is -0.0132 e. The normalized spacial score (nSPS) is 16.6. The van der Waals surface area contributed by atoms with Crippen LogP contribution in [0.25, 0.3) is 5.57 Å². The first-order valence-corrected chi connectivity index (χ1v) is 5.87. The fraction of sp³-hybridized carbons (Fsp3) is 0.467. The van der Waals surface area contributed by atoms with Crippen molar-refractivity contribution in [2.45, 2.75) is 45.4 Å². The number of hydrogen-bond donors (Lipinski definition) is 0. The molecular weight excluding hydrogens is 180 g/mol. The van der Waals surface area contributed by atoms with E-state index in [-0.39, 0.29) is 5.41 Å². The van der Waals surface area contributed by atoms with Crippen LogP contribution in [0.4, 0.5) is 0 Å². The molecule has 0 saturated carbocycles. The minimum Gasteiger partial charge on any atom is -0.0807 e. The molecule has 15 heavy (non-hydrogen) atoms. The lowest BCUT2D eigenvalue weighted by Gasteiger charge is -2.20. The second-order valence-corrected chi connectivity index (χ2v) is 5.45. The minimum absolute atomic E-state index is 0.259. The maximum atomic E-state index is 2.39. The Morgan fingerprint density at radius 1 is 1.13 bits per heavy atom. The fourth-order valence-electron chi connectivity index (χ4n) is 2.12. The lowest BCUT2D eigenvalue weighted by molar-refractivity contribution is 0.590. The van der Waals surface area contributed by atoms with Crippen LogP contribution in [0.1, 0.15) is 51.2 Å². The molecule has 0 saturated heterocycles. The number of allylic oxidation sites excluding steroid dienone is 2. The Bertz CT molecular complexity index is 377. The summed E-state index contributed by atoms with van der Waals surface area (Å²) in [4.78, 5) is 0. The van der Waals surface area contributed by atoms with Crippen LogP contribution >= 0.6 is 0 Å². The predicted octanol–water partition coefficient (Wildman–Crippen LogP) is 4.55. The van der Waals surface area contributed by atoms with Crippen molar-refractivity contribution in [3.63, 3.8) is 0 Å². The molecule has 0 unspecified atom stereocenters. The third kappa shape index (κ3) is 2.31. The Morgan fingerprint density at radius 2 is 1.93 bits per heavy atom. The molecule has 2 rings (SSSR count). The van der Waals surface area contributed by atoms with Crippen molar-refractivity contribution in [3.8, 4) is 0 Å². The van der Waals surface area contributed by atoms with Crippen LogP contribution in [-0.4, -0.2) is 0 Å². The molecule has 1 aliphatic rings. The van der Waals surface area contributed by atoms with E-state index in [0.717, 1.165) is 0 Å². The quantitative estimate of drug-likeness (QED) is 0.623. The molecule has 1 aromatic rings. The molecule has 0 nitrogen and oxygen atoms in total. The van der Waals surface area contributed by atoms with Gasteiger partial charge >= 0.3 is 0 Å². The van der Waals surface area contributed by atoms with Gasteiger partial charge in [-0.2, -0.15) is 0 Å². The zero-order valence-electron chi connectivity index (χ0n) is 10.0. The summed E-state index contributed by atoms with van der Waals surface area (Å²) in [6, 6.07) is 9.03. The molecular formula is C15H20. The Balaban J connectivity index is 2.34. The number of rotatable bonds is 1. The Hall–Kier alpha value is -1.04. The average molecular weight is 200 g/mol. The van der Waals surface area contributed by atoms with E-state index in [9.17, 15) is 0 Å². The van der Waals surface area contributed by atoms with Crippen LogP contribution in [0.5, 0.6) is 0 Å². The topological polar surface area (TPSA) is 0 Å². The van der Waals surface area contributed by atoms with Gasteiger partial charge in [-0.05, 0) is 41.4 Å². The molecule has 1 aromatic carbocycles. The lowest BCUT2D eigenvalue weighted by Crippen LogP contribution is -2.10. The highest BCUT2D eigenvalue weighted by Gasteiger charge is 2.15. The van der Waals surface area contributed by atoms with Gasteiger partial charge in [-0.25, -0.2) is 0 Å². The van der Waals surface area contributed by atoms with Crippen LogP contribution in [0.3, 0.4) is 0 Å². The molecule has 0 spiro atoms. The number of benzene rings is 1. The predicted molar refractivity (Wildman–Crippen MR) is 67.0 cm³/mol. The summed E-state index contributed by atoms with van der Waals surface area (Å²) in [5, 5.41) is 0. The van der Waals surface area contributed by atoms with Crippen LogP contribution in [-0.2, 0) is 5.41 Å². The highest BCUT2D eigenvalue weighted by molar-refractivity contribution is 5.67. The number of hydrogen-bond acceptors (Lipinski definition) is 0. The van der Waals surface area contributed by atoms with E-state index in [1.165, 1.54) is 30.4 Å². The molecule has 0 heterocycles. The Morgan fingerprint density at radius 3 is 2.53 bits per heavy atom. The smallest absolute Gasteiger partial charge is 0.0132 e. The van der Waals surface area contributed by atoms with Crippen LogP contribution < -0.4 is 0 Å². The second-order valence-electron chi connectivity index (χ2n) is 5.45. The fourth-order valence-corrected chi connectivity index (χ4v) is 2.12. The zero-order chi connectivity index (χ0) is 10.9. The zero-order valence-corrected chi connectivity index (χ0v) is 10.0. The van der Waals surface area contributed by atoms with E-state index in [0.29, 0.717) is 0 Å². The van der Waals surface area contributed by atoms with E-state index >= 15 is 0 Å². The standard InChI is InChI=1S/C15H20/c1-15(2,3)14-10-6-9-13(11-14)12-7-4-5-8-12/h6-7,9-11H,4-5,8H2,1-3H3. The first-order chi connectivity index (χ1) is 7.07. The van der Waals surface area contributed by atoms with Gasteiger partial charge in [0.15, 0.2) is 0 Å². The van der Waals surface area contributed by atoms with Crippen molar-refractivity contribution >= 4 is 5.57 Å². The SMILES string of the molecule is CC(C)(C)c1cccc(C2=CCCC2)c1. The van der Waals surface area contributed by atoms with Crippen molar-refractivity contribution in [1.29, 1.82) is 0 Å². The first-order valence-electron chi connectivity index (χ1n) is 5.87. The molecule has 0 bridgehead atoms. The first kappa shape index (κ1) is 10.5. The lowest BCUT2D eigenvalue weighted by atomic mass is 9.85. The molecule has 0 heteroatoms. The molecule has 0 aliphatic heterocycles. The van der Waals surface area contributed by atoms with E-state index in [1.807, 2.05) is 0 Å². The van der Waals surface area contributed by atoms with Crippen LogP contribution in [0.2, 0.25) is 0 Å². The van der Waals surface area contributed by atoms with Gasteiger partial charge in [0.1, 0.15) is 0 Å². The summed E-state index contributed by atoms with van der Waals surface area (Å²) in [5.41, 5.74) is 4.67. The van der Waals surface area contributed by atoms with Gasteiger partial charge < -0.3 is 0 Å². The van der Waals surface area contributed by atoms with Gasteiger partial charge in [0.25, 0.3) is 0 Å². The molecule has 1 aliphatic carbocycles. The monoisotopic (exact) mass is 200 g/mol. The van der Waals surface area contributed by atoms with Gasteiger partial charge in [-0.3, -0.25) is 0 Å². The summed E-state index contributed by atoms with van der Waals surface area (Å²) in [7, 11) is 0. The summed E-state index contributed by atoms with van der Waals surface area (Å²) >= 11 is 0. The minimum atomic E-state index is 0.259. The maximum absolute atomic E-state index is 2.39. The van der Waals surface area contributed by atoms with Gasteiger partial charge in [-0.1, -0.05) is 51.1 Å². The van der Waals surface area contributed by atoms with Crippen molar-refractivity contribution in [1.82, 2.24) is 0 Å². The summed E-state index contributed by atoms with van der Waals surface area (Å²) < 4.78 is 0. The highest BCUT2D eigenvalue weighted by Crippen LogP contribution is 2.30. The summed E-state index contributed by atoms with van der Waals surface area (Å²) in [6.07, 6.45) is 6.24. The molecule has 0 radical (unpaired) electrons. The summed E-state index contributed by atoms with van der Waals surface area (Å²) in [5.74, 6) is 0. The van der Waals surface area contributed by atoms with Gasteiger partial charge in [-0.15, -0.1) is 0 Å². The van der Waals surface area contributed by atoms with Crippen molar-refractivity contribution in [2.24, 2.45) is 0 Å². The van der Waals surface area contributed by atoms with Gasteiger partial charge in [0, 0.05) is 0 Å². The van der Waals surface area contributed by atoms with Gasteiger partial charge in [0.2, 0.25) is 0 Å². The average Bonchev–Trinajstić information content (AvgIpc) is 2.69. The molecule has 0 atom stereocenters. The molecule has 0 N–H and O–H groups in total. The van der Waals surface area contributed by atoms with Gasteiger partial charge in [0.05, 0.1) is 0 Å². The van der Waals surface area contributed by atoms with Crippen molar-refractivity contribution < 1.29 is 0 Å². The van der Waals surface area contributed by atoms with Crippen molar-refractivity contribution in [2.75, 3.05) is 0 Å². The Kier molecular flexibility index (Phi) is 2.68. The third-order valence-corrected chi connectivity index (χ3v) is 3.14. The van der Waals surface area contributed by atoms with Crippen LogP contribution in [0, 0.1) is 0 Å². The molecule has 0 aromatic heterocycles. The molecule has 0 amide bonds. The molecule has 0 fully saturated rings. The molecule has 80 valence electrons. The van der Waals surface area contributed by atoms with E-state index in [4.69, 9.17) is 0 Å². The summed E-state index contributed by atoms with van der Waals surface area (Å²) in [6.45, 7) is 6.82. The highest BCUT2D eigenvalue weighted by atomic mass is 14.2. The Labute approximate surface area is 93.0 Å². The largest absolute Gasteiger partial charge is 0.0807 e. The van der Waals surface area contributed by atoms with E-state index in [2.05, 4.69) is 51.1 Å². The van der Waals surface area contributed by atoms with Crippen LogP contribution in [0.15, 0.2) is 30.3 Å². The van der Waals surface area contributed by atoms with Crippen molar-refractivity contribution in [3.05, 3.63) is 41.5 Å². The van der Waals surface area contributed by atoms with E-state index < -0.39 is 0 Å².